The van der Waals surface area contributed by atoms with Gasteiger partial charge in [0.25, 0.3) is 0 Å². The third-order valence-electron chi connectivity index (χ3n) is 3.24. The van der Waals surface area contributed by atoms with E-state index >= 15 is 0 Å². The van der Waals surface area contributed by atoms with Crippen LogP contribution >= 0.6 is 11.6 Å². The maximum atomic E-state index is 12.9. The molecule has 2 aromatic carbocycles. The minimum Gasteiger partial charge on any atom is -0.455 e. The number of ether oxygens (including phenoxy) is 1. The SMILES string of the molecule is Fc1ccc(Oc2c(Cl)cccc2CNC2CC2)cc1. The minimum atomic E-state index is -0.285. The highest BCUT2D eigenvalue weighted by Gasteiger charge is 2.21. The van der Waals surface area contributed by atoms with E-state index < -0.39 is 0 Å². The third kappa shape index (κ3) is 3.30. The van der Waals surface area contributed by atoms with Gasteiger partial charge in [0.05, 0.1) is 5.02 Å². The summed E-state index contributed by atoms with van der Waals surface area (Å²) in [7, 11) is 0. The van der Waals surface area contributed by atoms with E-state index in [0.717, 1.165) is 12.1 Å². The molecule has 0 unspecified atom stereocenters. The van der Waals surface area contributed by atoms with Crippen LogP contribution in [0.25, 0.3) is 0 Å². The molecule has 4 heteroatoms. The molecule has 0 amide bonds. The fourth-order valence-corrected chi connectivity index (χ4v) is 2.20. The summed E-state index contributed by atoms with van der Waals surface area (Å²) in [6.45, 7) is 0.724. The van der Waals surface area contributed by atoms with E-state index in [1.165, 1.54) is 25.0 Å². The summed E-state index contributed by atoms with van der Waals surface area (Å²) in [4.78, 5) is 0. The number of para-hydroxylation sites is 1. The Bertz CT molecular complexity index is 596. The van der Waals surface area contributed by atoms with Crippen LogP contribution in [0.2, 0.25) is 5.02 Å². The first kappa shape index (κ1) is 13.4. The van der Waals surface area contributed by atoms with Crippen molar-refractivity contribution in [3.63, 3.8) is 0 Å². The Morgan fingerprint density at radius 2 is 1.90 bits per heavy atom. The average Bonchev–Trinajstić information content (AvgIpc) is 3.26. The van der Waals surface area contributed by atoms with Gasteiger partial charge in [0, 0.05) is 18.2 Å². The number of nitrogens with one attached hydrogen (secondary N) is 1. The van der Waals surface area contributed by atoms with Crippen molar-refractivity contribution in [2.45, 2.75) is 25.4 Å². The maximum Gasteiger partial charge on any atom is 0.150 e. The quantitative estimate of drug-likeness (QED) is 0.874. The Labute approximate surface area is 122 Å². The third-order valence-corrected chi connectivity index (χ3v) is 3.54. The van der Waals surface area contributed by atoms with Gasteiger partial charge >= 0.3 is 0 Å². The summed E-state index contributed by atoms with van der Waals surface area (Å²) in [5.74, 6) is 0.924. The summed E-state index contributed by atoms with van der Waals surface area (Å²) < 4.78 is 18.7. The molecule has 1 fully saturated rings. The van der Waals surface area contributed by atoms with Crippen LogP contribution in [0.3, 0.4) is 0 Å². The second-order valence-electron chi connectivity index (χ2n) is 4.94. The predicted octanol–water partition coefficient (Wildman–Crippen LogP) is 4.52. The average molecular weight is 292 g/mol. The molecule has 0 bridgehead atoms. The Balaban J connectivity index is 1.80. The molecule has 2 nitrogen and oxygen atoms in total. The highest BCUT2D eigenvalue weighted by Crippen LogP contribution is 2.33. The number of halogens is 2. The topological polar surface area (TPSA) is 21.3 Å². The van der Waals surface area contributed by atoms with Crippen molar-refractivity contribution in [3.05, 3.63) is 58.9 Å². The summed E-state index contributed by atoms with van der Waals surface area (Å²) >= 11 is 6.21. The fraction of sp³-hybridized carbons (Fsp3) is 0.250. The van der Waals surface area contributed by atoms with E-state index in [1.807, 2.05) is 12.1 Å². The molecule has 0 aromatic heterocycles. The minimum absolute atomic E-state index is 0.285. The van der Waals surface area contributed by atoms with Crippen molar-refractivity contribution in [2.75, 3.05) is 0 Å². The molecule has 1 N–H and O–H groups in total. The van der Waals surface area contributed by atoms with Gasteiger partial charge < -0.3 is 10.1 Å². The fourth-order valence-electron chi connectivity index (χ4n) is 1.97. The Morgan fingerprint density at radius 3 is 2.60 bits per heavy atom. The van der Waals surface area contributed by atoms with Crippen LogP contribution < -0.4 is 10.1 Å². The lowest BCUT2D eigenvalue weighted by atomic mass is 10.2. The first-order valence-corrected chi connectivity index (χ1v) is 7.04. The van der Waals surface area contributed by atoms with Gasteiger partial charge in [-0.1, -0.05) is 23.7 Å². The van der Waals surface area contributed by atoms with E-state index in [2.05, 4.69) is 5.32 Å². The zero-order valence-electron chi connectivity index (χ0n) is 10.9. The van der Waals surface area contributed by atoms with Crippen LogP contribution in [0.1, 0.15) is 18.4 Å². The summed E-state index contributed by atoms with van der Waals surface area (Å²) in [6.07, 6.45) is 2.46. The Hall–Kier alpha value is -1.58. The van der Waals surface area contributed by atoms with Crippen LogP contribution in [0, 0.1) is 5.82 Å². The predicted molar refractivity (Wildman–Crippen MR) is 77.8 cm³/mol. The zero-order valence-corrected chi connectivity index (χ0v) is 11.7. The van der Waals surface area contributed by atoms with Gasteiger partial charge in [-0.05, 0) is 43.2 Å². The van der Waals surface area contributed by atoms with E-state index in [9.17, 15) is 4.39 Å². The Morgan fingerprint density at radius 1 is 1.15 bits per heavy atom. The van der Waals surface area contributed by atoms with E-state index in [4.69, 9.17) is 16.3 Å². The van der Waals surface area contributed by atoms with Gasteiger partial charge in [0.1, 0.15) is 17.3 Å². The molecule has 1 aliphatic carbocycles. The van der Waals surface area contributed by atoms with Crippen molar-refractivity contribution >= 4 is 11.6 Å². The van der Waals surface area contributed by atoms with Crippen LogP contribution in [0.4, 0.5) is 4.39 Å². The van der Waals surface area contributed by atoms with Crippen molar-refractivity contribution < 1.29 is 9.13 Å². The van der Waals surface area contributed by atoms with Gasteiger partial charge in [-0.3, -0.25) is 0 Å². The number of hydrogen-bond donors (Lipinski definition) is 1. The second kappa shape index (κ2) is 5.81. The first-order chi connectivity index (χ1) is 9.72. The van der Waals surface area contributed by atoms with Gasteiger partial charge in [0.2, 0.25) is 0 Å². The molecule has 1 saturated carbocycles. The molecule has 104 valence electrons. The lowest BCUT2D eigenvalue weighted by Crippen LogP contribution is -2.15. The molecule has 0 spiro atoms. The summed E-state index contributed by atoms with van der Waals surface area (Å²) in [5, 5.41) is 4.00. The van der Waals surface area contributed by atoms with E-state index in [0.29, 0.717) is 22.6 Å². The Kier molecular flexibility index (Phi) is 3.90. The number of benzene rings is 2. The largest absolute Gasteiger partial charge is 0.455 e. The molecule has 2 aromatic rings. The summed E-state index contributed by atoms with van der Waals surface area (Å²) in [6, 6.07) is 12.2. The molecular formula is C16H15ClFNO. The van der Waals surface area contributed by atoms with Crippen LogP contribution in [0.5, 0.6) is 11.5 Å². The maximum absolute atomic E-state index is 12.9. The van der Waals surface area contributed by atoms with Crippen molar-refractivity contribution in [1.82, 2.24) is 5.32 Å². The van der Waals surface area contributed by atoms with Crippen molar-refractivity contribution in [3.8, 4) is 11.5 Å². The summed E-state index contributed by atoms with van der Waals surface area (Å²) in [5.41, 5.74) is 1.01. The molecule has 0 atom stereocenters. The second-order valence-corrected chi connectivity index (χ2v) is 5.35. The van der Waals surface area contributed by atoms with Gasteiger partial charge in [-0.25, -0.2) is 4.39 Å². The first-order valence-electron chi connectivity index (χ1n) is 6.66. The lowest BCUT2D eigenvalue weighted by molar-refractivity contribution is 0.471. The molecule has 0 radical (unpaired) electrons. The van der Waals surface area contributed by atoms with E-state index in [-0.39, 0.29) is 5.82 Å². The smallest absolute Gasteiger partial charge is 0.150 e. The zero-order chi connectivity index (χ0) is 13.9. The number of rotatable bonds is 5. The van der Waals surface area contributed by atoms with Gasteiger partial charge in [0.15, 0.2) is 0 Å². The molecule has 0 aliphatic heterocycles. The van der Waals surface area contributed by atoms with Crippen LogP contribution in [0.15, 0.2) is 42.5 Å². The number of hydrogen-bond acceptors (Lipinski definition) is 2. The molecule has 20 heavy (non-hydrogen) atoms. The molecule has 3 rings (SSSR count). The highest BCUT2D eigenvalue weighted by molar-refractivity contribution is 6.32. The van der Waals surface area contributed by atoms with E-state index in [1.54, 1.807) is 18.2 Å². The van der Waals surface area contributed by atoms with Gasteiger partial charge in [-0.2, -0.15) is 0 Å². The molecule has 1 aliphatic rings. The van der Waals surface area contributed by atoms with Gasteiger partial charge in [-0.15, -0.1) is 0 Å². The molecular weight excluding hydrogens is 277 g/mol. The highest BCUT2D eigenvalue weighted by atomic mass is 35.5. The van der Waals surface area contributed by atoms with Crippen LogP contribution in [-0.4, -0.2) is 6.04 Å². The molecule has 0 heterocycles. The monoisotopic (exact) mass is 291 g/mol. The molecule has 0 saturated heterocycles. The normalized spacial score (nSPS) is 14.3. The van der Waals surface area contributed by atoms with Crippen LogP contribution in [-0.2, 0) is 6.54 Å². The standard InChI is InChI=1S/C16H15ClFNO/c17-15-3-1-2-11(10-19-13-6-7-13)16(15)20-14-8-4-12(18)5-9-14/h1-5,8-9,13,19H,6-7,10H2. The van der Waals surface area contributed by atoms with Crippen molar-refractivity contribution in [1.29, 1.82) is 0 Å². The van der Waals surface area contributed by atoms with Crippen molar-refractivity contribution in [2.24, 2.45) is 0 Å². The lowest BCUT2D eigenvalue weighted by Gasteiger charge is -2.13.